The standard InChI is InChI=1S/C41H52N5O6Si/c1-27(2)24-42-39-44-37-36(38(47)45-39)43-26-46(37)35-23-33(52-53(8,9)40(3,4)5)34(51-35)25-50-41(28-13-11-10-12-14-28,29-15-19-31(48-6)20-16-29)30-17-21-32(49-7)22-18-30/h10-23,26-27,33-35H,24-25H2,1-9H3,(H2,42,44,45,47)/t33-,34-,35-/m1/s1. The van der Waals surface area contributed by atoms with Gasteiger partial charge in [0, 0.05) is 13.0 Å². The Morgan fingerprint density at radius 3 is 2.04 bits per heavy atom. The molecule has 0 spiro atoms. The summed E-state index contributed by atoms with van der Waals surface area (Å²) in [6.07, 6.45) is 2.08. The van der Waals surface area contributed by atoms with Crippen LogP contribution in [0.25, 0.3) is 11.2 Å². The highest BCUT2D eigenvalue weighted by Gasteiger charge is 2.47. The number of rotatable bonds is 14. The van der Waals surface area contributed by atoms with E-state index in [0.717, 1.165) is 28.2 Å². The van der Waals surface area contributed by atoms with Gasteiger partial charge >= 0.3 is 0 Å². The van der Waals surface area contributed by atoms with Crippen LogP contribution in [0, 0.1) is 12.3 Å². The first-order valence-corrected chi connectivity index (χ1v) is 21.0. The number of benzene rings is 3. The van der Waals surface area contributed by atoms with Crippen molar-refractivity contribution >= 4 is 25.4 Å². The summed E-state index contributed by atoms with van der Waals surface area (Å²) < 4.78 is 34.1. The van der Waals surface area contributed by atoms with Crippen LogP contribution in [0.4, 0.5) is 5.95 Å². The number of nitrogens with zero attached hydrogens (tertiary/aromatic N) is 3. The van der Waals surface area contributed by atoms with Crippen molar-refractivity contribution in [3.63, 3.8) is 0 Å². The molecule has 6 rings (SSSR count). The number of imidazole rings is 1. The van der Waals surface area contributed by atoms with Crippen LogP contribution in [0.2, 0.25) is 18.1 Å². The van der Waals surface area contributed by atoms with Crippen LogP contribution in [-0.2, 0) is 19.5 Å². The topological polar surface area (TPSA) is 122 Å². The zero-order chi connectivity index (χ0) is 38.0. The number of aromatic amines is 1. The van der Waals surface area contributed by atoms with Gasteiger partial charge in [0.05, 0.1) is 33.3 Å². The lowest BCUT2D eigenvalue weighted by Gasteiger charge is -2.40. The van der Waals surface area contributed by atoms with Crippen LogP contribution in [0.1, 0.15) is 57.5 Å². The lowest BCUT2D eigenvalue weighted by molar-refractivity contribution is -0.0911. The van der Waals surface area contributed by atoms with E-state index in [9.17, 15) is 4.79 Å². The molecule has 0 saturated carbocycles. The zero-order valence-electron chi connectivity index (χ0n) is 32.2. The highest BCUT2D eigenvalue weighted by molar-refractivity contribution is 6.74. The number of hydrogen-bond acceptors (Lipinski definition) is 9. The van der Waals surface area contributed by atoms with Crippen molar-refractivity contribution in [3.8, 4) is 11.5 Å². The zero-order valence-corrected chi connectivity index (χ0v) is 33.2. The molecular formula is C41H52N5O6Si. The maximum absolute atomic E-state index is 13.1. The van der Waals surface area contributed by atoms with Crippen molar-refractivity contribution in [2.24, 2.45) is 5.92 Å². The molecule has 0 bridgehead atoms. The second kappa shape index (κ2) is 15.5. The molecule has 1 radical (unpaired) electrons. The fraction of sp³-hybridized carbons (Fsp3) is 0.415. The SMILES string of the molecule is COc1ccc(C(OC[C@H]2O[C@@H](n3cnc4c(=O)[nH]c(NCC(C)C)nc43)[CH][C@H]2O[Si](C)(C)C(C)(C)C)(c2ccccc2)c2ccc(OC)cc2)cc1. The third kappa shape index (κ3) is 7.91. The Hall–Kier alpha value is -4.49. The largest absolute Gasteiger partial charge is 0.497 e. The van der Waals surface area contributed by atoms with Gasteiger partial charge in [0.2, 0.25) is 5.95 Å². The smallest absolute Gasteiger partial charge is 0.280 e. The van der Waals surface area contributed by atoms with E-state index in [1.54, 1.807) is 25.1 Å². The lowest BCUT2D eigenvalue weighted by atomic mass is 9.80. The molecule has 3 atom stereocenters. The van der Waals surface area contributed by atoms with E-state index < -0.39 is 32.4 Å². The first-order valence-electron chi connectivity index (χ1n) is 18.1. The second-order valence-corrected chi connectivity index (χ2v) is 20.2. The number of H-pyrrole nitrogens is 1. The summed E-state index contributed by atoms with van der Waals surface area (Å²) in [5.41, 5.74) is 2.07. The maximum Gasteiger partial charge on any atom is 0.280 e. The number of anilines is 1. The van der Waals surface area contributed by atoms with Gasteiger partial charge in [-0.25, -0.2) is 4.98 Å². The van der Waals surface area contributed by atoms with E-state index in [2.05, 4.69) is 75.1 Å². The van der Waals surface area contributed by atoms with Crippen molar-refractivity contribution in [2.45, 2.75) is 76.8 Å². The number of nitrogens with one attached hydrogen (secondary N) is 2. The molecule has 1 aliphatic rings. The van der Waals surface area contributed by atoms with Crippen LogP contribution in [0.5, 0.6) is 11.5 Å². The van der Waals surface area contributed by atoms with E-state index in [1.165, 1.54) is 0 Å². The van der Waals surface area contributed by atoms with Gasteiger partial charge in [-0.3, -0.25) is 14.3 Å². The van der Waals surface area contributed by atoms with Crippen molar-refractivity contribution in [3.05, 3.63) is 119 Å². The van der Waals surface area contributed by atoms with Crippen molar-refractivity contribution in [1.29, 1.82) is 0 Å². The molecule has 2 aromatic heterocycles. The molecule has 11 nitrogen and oxygen atoms in total. The Balaban J connectivity index is 1.42. The fourth-order valence-corrected chi connectivity index (χ4v) is 7.56. The van der Waals surface area contributed by atoms with Gasteiger partial charge < -0.3 is 28.7 Å². The first kappa shape index (κ1) is 38.2. The predicted octanol–water partition coefficient (Wildman–Crippen LogP) is 7.71. The summed E-state index contributed by atoms with van der Waals surface area (Å²) in [6, 6.07) is 26.1. The quantitative estimate of drug-likeness (QED) is 0.0872. The van der Waals surface area contributed by atoms with Gasteiger partial charge in [0.1, 0.15) is 29.4 Å². The molecule has 1 fully saturated rings. The average molecular weight is 739 g/mol. The van der Waals surface area contributed by atoms with Crippen molar-refractivity contribution < 1.29 is 23.4 Å². The molecule has 281 valence electrons. The third-order valence-corrected chi connectivity index (χ3v) is 14.8. The van der Waals surface area contributed by atoms with Crippen LogP contribution >= 0.6 is 0 Å². The van der Waals surface area contributed by atoms with Gasteiger partial charge in [0.25, 0.3) is 5.56 Å². The molecule has 0 amide bonds. The summed E-state index contributed by atoms with van der Waals surface area (Å²) in [5, 5.41) is 3.18. The lowest BCUT2D eigenvalue weighted by Crippen LogP contribution is -2.47. The maximum atomic E-state index is 13.1. The number of fused-ring (bicyclic) bond motifs is 1. The number of methoxy groups -OCH3 is 2. The summed E-state index contributed by atoms with van der Waals surface area (Å²) in [7, 11) is 1.01. The Bertz CT molecular complexity index is 1980. The van der Waals surface area contributed by atoms with E-state index in [-0.39, 0.29) is 22.7 Å². The number of ether oxygens (including phenoxy) is 4. The van der Waals surface area contributed by atoms with Crippen LogP contribution in [-0.4, -0.2) is 67.4 Å². The van der Waals surface area contributed by atoms with E-state index in [0.29, 0.717) is 24.1 Å². The molecule has 0 aliphatic carbocycles. The third-order valence-electron chi connectivity index (χ3n) is 10.3. The molecule has 5 aromatic rings. The Kier molecular flexibility index (Phi) is 11.2. The first-order chi connectivity index (χ1) is 25.3. The minimum absolute atomic E-state index is 0.0577. The Morgan fingerprint density at radius 2 is 1.49 bits per heavy atom. The highest BCUT2D eigenvalue weighted by Crippen LogP contribution is 2.45. The summed E-state index contributed by atoms with van der Waals surface area (Å²) in [5.74, 6) is 2.23. The monoisotopic (exact) mass is 738 g/mol. The minimum atomic E-state index is -2.31. The van der Waals surface area contributed by atoms with Crippen molar-refractivity contribution in [1.82, 2.24) is 19.5 Å². The van der Waals surface area contributed by atoms with Crippen LogP contribution < -0.4 is 20.3 Å². The molecule has 2 N–H and O–H groups in total. The summed E-state index contributed by atoms with van der Waals surface area (Å²) in [4.78, 5) is 25.1. The van der Waals surface area contributed by atoms with E-state index in [1.807, 2.05) is 73.2 Å². The molecule has 1 saturated heterocycles. The Morgan fingerprint density at radius 1 is 0.906 bits per heavy atom. The van der Waals surface area contributed by atoms with Crippen LogP contribution in [0.3, 0.4) is 0 Å². The summed E-state index contributed by atoms with van der Waals surface area (Å²) in [6.45, 7) is 16.1. The van der Waals surface area contributed by atoms with Gasteiger partial charge in [-0.2, -0.15) is 4.98 Å². The molecule has 3 heterocycles. The molecule has 53 heavy (non-hydrogen) atoms. The Labute approximate surface area is 313 Å². The normalized spacial score (nSPS) is 18.1. The van der Waals surface area contributed by atoms with Crippen molar-refractivity contribution in [2.75, 3.05) is 32.7 Å². The van der Waals surface area contributed by atoms with Gasteiger partial charge in [-0.05, 0) is 65.0 Å². The second-order valence-electron chi connectivity index (χ2n) is 15.4. The molecule has 1 aliphatic heterocycles. The fourth-order valence-electron chi connectivity index (χ4n) is 6.29. The van der Waals surface area contributed by atoms with E-state index >= 15 is 0 Å². The average Bonchev–Trinajstić information content (AvgIpc) is 3.75. The molecule has 3 aromatic carbocycles. The van der Waals surface area contributed by atoms with E-state index in [4.69, 9.17) is 28.4 Å². The van der Waals surface area contributed by atoms with Crippen LogP contribution in [0.15, 0.2) is 90.0 Å². The summed E-state index contributed by atoms with van der Waals surface area (Å²) >= 11 is 0. The molecular weight excluding hydrogens is 687 g/mol. The minimum Gasteiger partial charge on any atom is -0.497 e. The van der Waals surface area contributed by atoms with Gasteiger partial charge in [-0.15, -0.1) is 0 Å². The van der Waals surface area contributed by atoms with Gasteiger partial charge in [0.15, 0.2) is 19.5 Å². The number of aromatic nitrogens is 4. The highest BCUT2D eigenvalue weighted by atomic mass is 28.4. The predicted molar refractivity (Wildman–Crippen MR) is 210 cm³/mol. The molecule has 0 unspecified atom stereocenters. The number of hydrogen-bond donors (Lipinski definition) is 2. The van der Waals surface area contributed by atoms with Gasteiger partial charge in [-0.1, -0.05) is 89.2 Å². The molecule has 12 heteroatoms.